The monoisotopic (exact) mass is 1580 g/mol. The molecule has 27 rings (SSSR count). The minimum atomic E-state index is -0.329. The van der Waals surface area contributed by atoms with Gasteiger partial charge in [-0.1, -0.05) is 293 Å². The molecule has 0 fully saturated rings. The van der Waals surface area contributed by atoms with E-state index < -0.39 is 0 Å². The molecule has 0 radical (unpaired) electrons. The van der Waals surface area contributed by atoms with Gasteiger partial charge in [0, 0.05) is 110 Å². The highest BCUT2D eigenvalue weighted by Crippen LogP contribution is 2.52. The van der Waals surface area contributed by atoms with Crippen molar-refractivity contribution in [3.8, 4) is 79.0 Å². The van der Waals surface area contributed by atoms with E-state index in [4.69, 9.17) is 24.4 Å². The van der Waals surface area contributed by atoms with Crippen LogP contribution in [0.5, 0.6) is 0 Å². The van der Waals surface area contributed by atoms with Crippen LogP contribution in [-0.4, -0.2) is 38.2 Å². The van der Waals surface area contributed by atoms with Gasteiger partial charge < -0.3 is 22.7 Å². The van der Waals surface area contributed by atoms with Gasteiger partial charge in [-0.3, -0.25) is 0 Å². The third-order valence-electron chi connectivity index (χ3n) is 26.3. The van der Waals surface area contributed by atoms with Gasteiger partial charge in [0.25, 0.3) is 0 Å². The van der Waals surface area contributed by atoms with Crippen LogP contribution in [0.15, 0.2) is 405 Å². The Hall–Kier alpha value is -16.4. The predicted molar refractivity (Wildman–Crippen MR) is 516 cm³/mol. The summed E-state index contributed by atoms with van der Waals surface area (Å²) in [6.07, 6.45) is 0. The van der Waals surface area contributed by atoms with Crippen LogP contribution in [0.3, 0.4) is 0 Å². The Balaban J connectivity index is 0.000000133. The zero-order valence-electron chi connectivity index (χ0n) is 67.6. The number of fused-ring (bicyclic) bond motifs is 24. The van der Waals surface area contributed by atoms with Gasteiger partial charge in [0.2, 0.25) is 5.71 Å². The van der Waals surface area contributed by atoms with Gasteiger partial charge in [0.15, 0.2) is 0 Å². The molecule has 0 atom stereocenters. The molecule has 7 aromatic heterocycles. The smallest absolute Gasteiger partial charge is 0.246 e. The molecular weight excluding hydrogens is 1510 g/mol. The average molecular weight is 1580 g/mol. The number of hydrogen-bond acceptors (Lipinski definition) is 5. The Kier molecular flexibility index (Phi) is 15.1. The first-order chi connectivity index (χ1) is 61.2. The van der Waals surface area contributed by atoms with Crippen molar-refractivity contribution in [2.75, 3.05) is 0 Å². The summed E-state index contributed by atoms with van der Waals surface area (Å²) >= 11 is 0. The van der Waals surface area contributed by atoms with Crippen molar-refractivity contribution in [2.45, 2.75) is 19.3 Å². The fourth-order valence-electron chi connectivity index (χ4n) is 20.5. The van der Waals surface area contributed by atoms with E-state index in [9.17, 15) is 0 Å². The van der Waals surface area contributed by atoms with Gasteiger partial charge in [-0.05, 0) is 170 Å². The summed E-state index contributed by atoms with van der Waals surface area (Å²) in [5, 5.41) is 22.8. The van der Waals surface area contributed by atoms with Crippen LogP contribution in [0.1, 0.15) is 25.1 Å². The Labute approximate surface area is 711 Å². The molecule has 0 saturated heterocycles. The third kappa shape index (κ3) is 10.5. The summed E-state index contributed by atoms with van der Waals surface area (Å²) in [4.78, 5) is 22.2. The summed E-state index contributed by atoms with van der Waals surface area (Å²) in [5.74, 6) is 0. The standard InChI is InChI=1S/C61H40N4.C54H32N4O/c1-61(2)51-27-12-10-23-49(51)58-60(61)63-56(40-31-32-46-45-22-11-13-28-52(45)64(54(46)36-40)41-19-4-3-5-20-41)57(62-58)47-26-14-25-44-43(47)24-15-29-53(44)65-55-35-39-18-7-6-17-38(39)34-50(55)48-33-30-37-16-8-9-21-42(37)59(48)65;1-2-16-39(17-3-1)57-46-20-10-8-18-41(46)43-30-38(24-27-47(43)57)52-51(55-53-42-19-9-11-21-50(42)59-54(53)56-52)33-22-25-40(26-23-33)58-48-31-36-14-6-4-12-34(36)28-44(48)45-29-35-13-5-7-15-37(35)32-49(45)58/h3-36H,1-2H3;1-32H. The number of aromatic nitrogens is 8. The van der Waals surface area contributed by atoms with Gasteiger partial charge >= 0.3 is 0 Å². The molecular formula is C115H72N8O. The molecule has 26 aromatic rings. The Bertz CT molecular complexity index is 8940. The molecule has 0 spiro atoms. The Morgan fingerprint density at radius 3 is 1.35 bits per heavy atom. The van der Waals surface area contributed by atoms with Crippen molar-refractivity contribution in [1.29, 1.82) is 0 Å². The molecule has 7 heterocycles. The first-order valence-corrected chi connectivity index (χ1v) is 42.5. The van der Waals surface area contributed by atoms with Gasteiger partial charge in [-0.25, -0.2) is 19.9 Å². The van der Waals surface area contributed by atoms with E-state index in [2.05, 4.69) is 414 Å². The fraction of sp³-hybridized carbons (Fsp3) is 0.0261. The van der Waals surface area contributed by atoms with E-state index in [-0.39, 0.29) is 5.41 Å². The van der Waals surface area contributed by atoms with E-state index >= 15 is 0 Å². The van der Waals surface area contributed by atoms with Gasteiger partial charge in [0.1, 0.15) is 16.8 Å². The van der Waals surface area contributed by atoms with E-state index in [1.54, 1.807) is 0 Å². The number of benzene rings is 19. The number of para-hydroxylation sites is 5. The maximum Gasteiger partial charge on any atom is 0.246 e. The molecule has 578 valence electrons. The molecule has 0 amide bonds. The Morgan fingerprint density at radius 1 is 0.234 bits per heavy atom. The lowest BCUT2D eigenvalue weighted by Gasteiger charge is -2.21. The van der Waals surface area contributed by atoms with Gasteiger partial charge in [0.05, 0.1) is 78.3 Å². The summed E-state index contributed by atoms with van der Waals surface area (Å²) in [6.45, 7) is 4.57. The van der Waals surface area contributed by atoms with Crippen LogP contribution in [-0.2, 0) is 5.41 Å². The highest BCUT2D eigenvalue weighted by molar-refractivity contribution is 6.23. The summed E-state index contributed by atoms with van der Waals surface area (Å²) < 4.78 is 16.0. The van der Waals surface area contributed by atoms with Crippen LogP contribution >= 0.6 is 0 Å². The fourth-order valence-corrected chi connectivity index (χ4v) is 20.5. The van der Waals surface area contributed by atoms with Crippen molar-refractivity contribution in [3.63, 3.8) is 0 Å². The molecule has 124 heavy (non-hydrogen) atoms. The minimum Gasteiger partial charge on any atom is -0.436 e. The second-order valence-corrected chi connectivity index (χ2v) is 33.5. The highest BCUT2D eigenvalue weighted by Gasteiger charge is 2.40. The van der Waals surface area contributed by atoms with Crippen molar-refractivity contribution in [2.24, 2.45) is 0 Å². The molecule has 0 unspecified atom stereocenters. The van der Waals surface area contributed by atoms with Crippen molar-refractivity contribution in [1.82, 2.24) is 38.2 Å². The summed E-state index contributed by atoms with van der Waals surface area (Å²) in [5.41, 5.74) is 27.3. The molecule has 0 saturated carbocycles. The van der Waals surface area contributed by atoms with Crippen LogP contribution in [0.25, 0.3) is 242 Å². The quantitative estimate of drug-likeness (QED) is 0.151. The number of hydrogen-bond donors (Lipinski definition) is 0. The lowest BCUT2D eigenvalue weighted by molar-refractivity contribution is 0.636. The number of rotatable bonds is 8. The van der Waals surface area contributed by atoms with Gasteiger partial charge in [-0.15, -0.1) is 0 Å². The molecule has 1 aliphatic rings. The van der Waals surface area contributed by atoms with Crippen molar-refractivity contribution >= 4 is 163 Å². The van der Waals surface area contributed by atoms with E-state index in [1.807, 2.05) is 18.2 Å². The predicted octanol–water partition coefficient (Wildman–Crippen LogP) is 30.0. The van der Waals surface area contributed by atoms with Crippen LogP contribution in [0, 0.1) is 0 Å². The van der Waals surface area contributed by atoms with Gasteiger partial charge in [-0.2, -0.15) is 0 Å². The molecule has 0 bridgehead atoms. The molecule has 0 N–H and O–H groups in total. The average Bonchev–Trinajstić information content (AvgIpc) is 1.55. The Morgan fingerprint density at radius 2 is 0.669 bits per heavy atom. The first kappa shape index (κ1) is 69.6. The van der Waals surface area contributed by atoms with E-state index in [0.29, 0.717) is 5.71 Å². The number of furan rings is 1. The largest absolute Gasteiger partial charge is 0.436 e. The summed E-state index contributed by atoms with van der Waals surface area (Å²) in [6, 6.07) is 145. The van der Waals surface area contributed by atoms with Crippen LogP contribution in [0.4, 0.5) is 0 Å². The van der Waals surface area contributed by atoms with E-state index in [0.717, 1.165) is 134 Å². The normalized spacial score (nSPS) is 12.7. The van der Waals surface area contributed by atoms with Crippen LogP contribution in [0.2, 0.25) is 0 Å². The molecule has 9 heteroatoms. The SMILES string of the molecule is CC1(C)c2ccccc2-c2nc(-c3cccc4c(-n5c6cc7ccccc7cc6c6ccc7ccccc7c65)cccc34)c(-c3ccc4c5ccccc5n(-c5ccccc5)c4c3)nc21.c1ccc(-n2c3ccccc3c3cc(-c4nc5oc6ccccc6c5nc4-c4ccc(-n5c6cc7ccccc7cc6c6cc7ccccc7cc65)cc4)ccc32)cc1. The molecule has 19 aromatic carbocycles. The highest BCUT2D eigenvalue weighted by atomic mass is 16.3. The maximum absolute atomic E-state index is 6.35. The lowest BCUT2D eigenvalue weighted by atomic mass is 9.85. The zero-order valence-corrected chi connectivity index (χ0v) is 67.6. The second kappa shape index (κ2) is 26.8. The molecule has 1 aliphatic carbocycles. The van der Waals surface area contributed by atoms with Crippen molar-refractivity contribution in [3.05, 3.63) is 412 Å². The van der Waals surface area contributed by atoms with E-state index in [1.165, 1.54) is 114 Å². The third-order valence-corrected chi connectivity index (χ3v) is 26.3. The summed E-state index contributed by atoms with van der Waals surface area (Å²) in [7, 11) is 0. The number of nitrogens with zero attached hydrogens (tertiary/aromatic N) is 8. The first-order valence-electron chi connectivity index (χ1n) is 42.5. The lowest BCUT2D eigenvalue weighted by Crippen LogP contribution is -2.17. The minimum absolute atomic E-state index is 0.329. The zero-order chi connectivity index (χ0) is 81.6. The molecule has 0 aliphatic heterocycles. The van der Waals surface area contributed by atoms with Crippen molar-refractivity contribution < 1.29 is 4.42 Å². The topological polar surface area (TPSA) is 84.4 Å². The second-order valence-electron chi connectivity index (χ2n) is 33.5. The van der Waals surface area contributed by atoms with Crippen LogP contribution < -0.4 is 0 Å². The maximum atomic E-state index is 6.35. The molecule has 9 nitrogen and oxygen atoms in total.